The summed E-state index contributed by atoms with van der Waals surface area (Å²) in [6, 6.07) is 6.17. The second-order valence-corrected chi connectivity index (χ2v) is 4.17. The third-order valence-electron chi connectivity index (χ3n) is 2.71. The zero-order chi connectivity index (χ0) is 14.3. The third kappa shape index (κ3) is 6.45. The summed E-state index contributed by atoms with van der Waals surface area (Å²) in [4.78, 5) is 0. The normalized spacial score (nSPS) is 13.3. The van der Waals surface area contributed by atoms with Crippen LogP contribution in [0.3, 0.4) is 0 Å². The smallest absolute Gasteiger partial charge is 0.406 e. The fraction of sp³-hybridized carbons (Fsp3) is 0.538. The lowest BCUT2D eigenvalue weighted by atomic mass is 10.1. The molecule has 6 heteroatoms. The second kappa shape index (κ2) is 7.35. The molecule has 1 aromatic carbocycles. The van der Waals surface area contributed by atoms with Crippen molar-refractivity contribution in [2.75, 3.05) is 20.8 Å². The fourth-order valence-corrected chi connectivity index (χ4v) is 1.71. The molecule has 0 spiro atoms. The predicted molar refractivity (Wildman–Crippen MR) is 66.2 cm³/mol. The van der Waals surface area contributed by atoms with Crippen molar-refractivity contribution in [1.82, 2.24) is 5.32 Å². The molecule has 0 aliphatic carbocycles. The molecule has 108 valence electrons. The Labute approximate surface area is 110 Å². The second-order valence-electron chi connectivity index (χ2n) is 4.17. The van der Waals surface area contributed by atoms with Gasteiger partial charge in [-0.3, -0.25) is 0 Å². The number of aryl methyl sites for hydroxylation is 1. The monoisotopic (exact) mass is 277 g/mol. The highest BCUT2D eigenvalue weighted by Gasteiger charge is 2.30. The first-order chi connectivity index (χ1) is 8.94. The molecule has 0 saturated carbocycles. The van der Waals surface area contributed by atoms with Crippen LogP contribution in [0.4, 0.5) is 13.2 Å². The van der Waals surface area contributed by atoms with Crippen LogP contribution in [0.2, 0.25) is 0 Å². The summed E-state index contributed by atoms with van der Waals surface area (Å²) in [7, 11) is 3.48. The number of alkyl halides is 3. The Hall–Kier alpha value is -1.27. The van der Waals surface area contributed by atoms with Crippen LogP contribution in [0, 0.1) is 0 Å². The van der Waals surface area contributed by atoms with Crippen LogP contribution in [-0.4, -0.2) is 33.2 Å². The van der Waals surface area contributed by atoms with Crippen LogP contribution in [-0.2, 0) is 11.2 Å². The first-order valence-corrected chi connectivity index (χ1v) is 5.95. The third-order valence-corrected chi connectivity index (χ3v) is 2.71. The Morgan fingerprint density at radius 1 is 1.21 bits per heavy atom. The molecule has 1 N–H and O–H groups in total. The number of hydrogen-bond acceptors (Lipinski definition) is 3. The highest BCUT2D eigenvalue weighted by Crippen LogP contribution is 2.23. The van der Waals surface area contributed by atoms with Gasteiger partial charge in [-0.25, -0.2) is 0 Å². The van der Waals surface area contributed by atoms with E-state index in [1.54, 1.807) is 19.2 Å². The molecule has 1 unspecified atom stereocenters. The van der Waals surface area contributed by atoms with E-state index in [1.165, 1.54) is 12.1 Å². The van der Waals surface area contributed by atoms with Crippen molar-refractivity contribution in [2.24, 2.45) is 0 Å². The molecule has 1 aromatic rings. The number of methoxy groups -OCH3 is 1. The zero-order valence-corrected chi connectivity index (χ0v) is 11.0. The van der Waals surface area contributed by atoms with Gasteiger partial charge < -0.3 is 14.8 Å². The summed E-state index contributed by atoms with van der Waals surface area (Å²) in [5.41, 5.74) is 0.964. The van der Waals surface area contributed by atoms with Gasteiger partial charge in [-0.05, 0) is 37.6 Å². The highest BCUT2D eigenvalue weighted by molar-refractivity contribution is 5.27. The van der Waals surface area contributed by atoms with E-state index >= 15 is 0 Å². The molecule has 0 aromatic heterocycles. The summed E-state index contributed by atoms with van der Waals surface area (Å²) in [6.07, 6.45) is -3.03. The van der Waals surface area contributed by atoms with Crippen LogP contribution in [0.5, 0.6) is 5.75 Å². The van der Waals surface area contributed by atoms with Gasteiger partial charge in [0.1, 0.15) is 5.75 Å². The van der Waals surface area contributed by atoms with Crippen molar-refractivity contribution in [3.63, 3.8) is 0 Å². The molecule has 19 heavy (non-hydrogen) atoms. The molecule has 1 rings (SSSR count). The first-order valence-electron chi connectivity index (χ1n) is 5.95. The molecule has 0 amide bonds. The van der Waals surface area contributed by atoms with Crippen LogP contribution < -0.4 is 10.1 Å². The van der Waals surface area contributed by atoms with Gasteiger partial charge in [0.05, 0.1) is 6.61 Å². The Bertz CT molecular complexity index is 365. The summed E-state index contributed by atoms with van der Waals surface area (Å²) in [5, 5.41) is 3.12. The van der Waals surface area contributed by atoms with E-state index in [0.29, 0.717) is 6.61 Å². The summed E-state index contributed by atoms with van der Waals surface area (Å²) in [6.45, 7) is 0.603. The van der Waals surface area contributed by atoms with Crippen LogP contribution in [0.25, 0.3) is 0 Å². The van der Waals surface area contributed by atoms with Gasteiger partial charge in [-0.2, -0.15) is 0 Å². The van der Waals surface area contributed by atoms with E-state index in [0.717, 1.165) is 18.4 Å². The van der Waals surface area contributed by atoms with Crippen molar-refractivity contribution in [1.29, 1.82) is 0 Å². The predicted octanol–water partition coefficient (Wildman–Crippen LogP) is 2.75. The quantitative estimate of drug-likeness (QED) is 0.831. The van der Waals surface area contributed by atoms with Gasteiger partial charge in [0.25, 0.3) is 0 Å². The summed E-state index contributed by atoms with van der Waals surface area (Å²) < 4.78 is 44.8. The number of ether oxygens (including phenoxy) is 2. The van der Waals surface area contributed by atoms with Gasteiger partial charge >= 0.3 is 6.36 Å². The van der Waals surface area contributed by atoms with Crippen LogP contribution >= 0.6 is 0 Å². The van der Waals surface area contributed by atoms with Gasteiger partial charge in [0, 0.05) is 13.2 Å². The van der Waals surface area contributed by atoms with E-state index in [-0.39, 0.29) is 11.8 Å². The molecule has 3 nitrogen and oxygen atoms in total. The maximum Gasteiger partial charge on any atom is 0.573 e. The Morgan fingerprint density at radius 3 is 2.32 bits per heavy atom. The van der Waals surface area contributed by atoms with Crippen molar-refractivity contribution >= 4 is 0 Å². The lowest BCUT2D eigenvalue weighted by Crippen LogP contribution is -2.30. The zero-order valence-electron chi connectivity index (χ0n) is 11.0. The van der Waals surface area contributed by atoms with E-state index in [1.807, 2.05) is 7.05 Å². The number of rotatable bonds is 7. The van der Waals surface area contributed by atoms with Gasteiger partial charge in [-0.1, -0.05) is 12.1 Å². The molecular weight excluding hydrogens is 259 g/mol. The molecule has 1 atom stereocenters. The van der Waals surface area contributed by atoms with Gasteiger partial charge in [0.15, 0.2) is 0 Å². The van der Waals surface area contributed by atoms with Crippen molar-refractivity contribution in [2.45, 2.75) is 25.2 Å². The Morgan fingerprint density at radius 2 is 1.84 bits per heavy atom. The maximum atomic E-state index is 12.0. The molecule has 0 saturated heterocycles. The minimum absolute atomic E-state index is 0.196. The number of hydrogen-bond donors (Lipinski definition) is 1. The van der Waals surface area contributed by atoms with Crippen molar-refractivity contribution < 1.29 is 22.6 Å². The van der Waals surface area contributed by atoms with E-state index in [2.05, 4.69) is 10.1 Å². The highest BCUT2D eigenvalue weighted by atomic mass is 19.4. The Balaban J connectivity index is 2.48. The SMILES string of the molecule is CNC(CCc1ccc(OC(F)(F)F)cc1)COC. The first kappa shape index (κ1) is 15.8. The van der Waals surface area contributed by atoms with Gasteiger partial charge in [-0.15, -0.1) is 13.2 Å². The minimum atomic E-state index is -4.64. The van der Waals surface area contributed by atoms with Crippen LogP contribution in [0.15, 0.2) is 24.3 Å². The largest absolute Gasteiger partial charge is 0.573 e. The average Bonchev–Trinajstić information content (AvgIpc) is 2.34. The summed E-state index contributed by atoms with van der Waals surface area (Å²) >= 11 is 0. The standard InChI is InChI=1S/C13H18F3NO2/c1-17-11(9-18-2)6-3-10-4-7-12(8-5-10)19-13(14,15)16/h4-5,7-8,11,17H,3,6,9H2,1-2H3. The van der Waals surface area contributed by atoms with Crippen LogP contribution in [0.1, 0.15) is 12.0 Å². The Kier molecular flexibility index (Phi) is 6.11. The lowest BCUT2D eigenvalue weighted by molar-refractivity contribution is -0.274. The molecule has 0 radical (unpaired) electrons. The molecule has 0 heterocycles. The average molecular weight is 277 g/mol. The van der Waals surface area contributed by atoms with Crippen molar-refractivity contribution in [3.05, 3.63) is 29.8 Å². The minimum Gasteiger partial charge on any atom is -0.406 e. The van der Waals surface area contributed by atoms with Gasteiger partial charge in [0.2, 0.25) is 0 Å². The topological polar surface area (TPSA) is 30.5 Å². The molecule has 0 aliphatic rings. The molecular formula is C13H18F3NO2. The summed E-state index contributed by atoms with van der Waals surface area (Å²) in [5.74, 6) is -0.196. The maximum absolute atomic E-state index is 12.0. The molecule has 0 aliphatic heterocycles. The molecule has 0 fully saturated rings. The lowest BCUT2D eigenvalue weighted by Gasteiger charge is -2.15. The van der Waals surface area contributed by atoms with E-state index < -0.39 is 6.36 Å². The molecule has 0 bridgehead atoms. The van der Waals surface area contributed by atoms with E-state index in [4.69, 9.17) is 4.74 Å². The fourth-order valence-electron chi connectivity index (χ4n) is 1.71. The van der Waals surface area contributed by atoms with Crippen molar-refractivity contribution in [3.8, 4) is 5.75 Å². The number of nitrogens with one attached hydrogen (secondary N) is 1. The number of halogens is 3. The van der Waals surface area contributed by atoms with E-state index in [9.17, 15) is 13.2 Å². The number of likely N-dealkylation sites (N-methyl/N-ethyl adjacent to an activating group) is 1. The number of benzene rings is 1.